The minimum atomic E-state index is -4.17. The second-order valence-electron chi connectivity index (χ2n) is 8.66. The van der Waals surface area contributed by atoms with Crippen molar-refractivity contribution in [3.8, 4) is 0 Å². The van der Waals surface area contributed by atoms with E-state index in [0.717, 1.165) is 44.2 Å². The normalized spacial score (nSPS) is 17.4. The van der Waals surface area contributed by atoms with Crippen LogP contribution < -0.4 is 9.62 Å². The molecule has 34 heavy (non-hydrogen) atoms. The van der Waals surface area contributed by atoms with Crippen LogP contribution in [-0.4, -0.2) is 56.6 Å². The van der Waals surface area contributed by atoms with Gasteiger partial charge >= 0.3 is 5.97 Å². The number of hydrogen-bond acceptors (Lipinski definition) is 5. The molecule has 4 rings (SSSR count). The highest BCUT2D eigenvalue weighted by atomic mass is 32.2. The van der Waals surface area contributed by atoms with Crippen LogP contribution in [0.25, 0.3) is 6.08 Å². The van der Waals surface area contributed by atoms with Crippen LogP contribution in [0.2, 0.25) is 0 Å². The van der Waals surface area contributed by atoms with Crippen LogP contribution in [-0.2, 0) is 16.4 Å². The van der Waals surface area contributed by atoms with Crippen LogP contribution >= 0.6 is 0 Å². The van der Waals surface area contributed by atoms with E-state index in [9.17, 15) is 22.7 Å². The van der Waals surface area contributed by atoms with Crippen molar-refractivity contribution in [3.05, 3.63) is 58.9 Å². The van der Waals surface area contributed by atoms with Gasteiger partial charge in [-0.05, 0) is 73.8 Å². The Bertz CT molecular complexity index is 1220. The van der Waals surface area contributed by atoms with E-state index in [0.29, 0.717) is 18.5 Å². The molecule has 0 aromatic heterocycles. The number of hydrogen-bond donors (Lipinski definition) is 2. The summed E-state index contributed by atoms with van der Waals surface area (Å²) in [6, 6.07) is 7.03. The molecule has 2 aliphatic rings. The third-order valence-corrected chi connectivity index (χ3v) is 8.13. The van der Waals surface area contributed by atoms with E-state index in [1.165, 1.54) is 18.2 Å². The van der Waals surface area contributed by atoms with Crippen molar-refractivity contribution in [2.75, 3.05) is 35.8 Å². The third-order valence-electron chi connectivity index (χ3n) is 6.69. The second-order valence-corrected chi connectivity index (χ2v) is 10.3. The molecule has 0 saturated carbocycles. The Morgan fingerprint density at radius 2 is 2.03 bits per heavy atom. The monoisotopic (exact) mass is 487 g/mol. The number of carbonyl (C=O) groups is 1. The summed E-state index contributed by atoms with van der Waals surface area (Å²) in [5, 5.41) is 9.95. The Labute approximate surface area is 199 Å². The van der Waals surface area contributed by atoms with Gasteiger partial charge in [-0.3, -0.25) is 4.72 Å². The van der Waals surface area contributed by atoms with Gasteiger partial charge in [0.05, 0.1) is 16.1 Å². The zero-order valence-electron chi connectivity index (χ0n) is 19.4. The van der Waals surface area contributed by atoms with Gasteiger partial charge in [0.15, 0.2) is 0 Å². The lowest BCUT2D eigenvalue weighted by molar-refractivity contribution is 0.0697. The molecule has 2 N–H and O–H groups in total. The predicted octanol–water partition coefficient (Wildman–Crippen LogP) is 4.20. The number of rotatable bonds is 9. The summed E-state index contributed by atoms with van der Waals surface area (Å²) >= 11 is 0. The molecule has 0 radical (unpaired) electrons. The molecule has 2 aromatic carbocycles. The summed E-state index contributed by atoms with van der Waals surface area (Å²) in [6.45, 7) is 7.21. The third kappa shape index (κ3) is 4.67. The molecule has 0 bridgehead atoms. The smallest absolute Gasteiger partial charge is 0.338 e. The Hall–Kier alpha value is -2.91. The van der Waals surface area contributed by atoms with Gasteiger partial charge in [0.25, 0.3) is 10.0 Å². The van der Waals surface area contributed by atoms with E-state index in [1.54, 1.807) is 18.2 Å². The quantitative estimate of drug-likeness (QED) is 0.551. The zero-order chi connectivity index (χ0) is 24.5. The van der Waals surface area contributed by atoms with Crippen LogP contribution in [0.15, 0.2) is 41.3 Å². The van der Waals surface area contributed by atoms with E-state index < -0.39 is 21.8 Å². The Balaban J connectivity index is 1.68. The van der Waals surface area contributed by atoms with Gasteiger partial charge in [0.1, 0.15) is 5.82 Å². The number of aromatic carboxylic acids is 1. The molecule has 0 amide bonds. The van der Waals surface area contributed by atoms with Crippen molar-refractivity contribution in [1.82, 2.24) is 4.90 Å². The molecular formula is C25H30FN3O4S. The van der Waals surface area contributed by atoms with E-state index in [1.807, 2.05) is 13.8 Å². The molecule has 1 unspecified atom stereocenters. The van der Waals surface area contributed by atoms with Crippen molar-refractivity contribution < 1.29 is 22.7 Å². The highest BCUT2D eigenvalue weighted by Crippen LogP contribution is 2.42. The van der Waals surface area contributed by atoms with Gasteiger partial charge in [-0.25, -0.2) is 17.6 Å². The van der Waals surface area contributed by atoms with Crippen molar-refractivity contribution in [2.24, 2.45) is 0 Å². The standard InChI is InChI=1S/C25H30FN3O4S/c1-3-28(4-2)13-5-7-17-15-18(26)9-12-23(17)34(32,33)27-21-10-11-22-20(24(21)25(30)31)16-19-8-6-14-29(19)22/h5,7,9-12,15,19,27H,3-4,6,8,13-14,16H2,1-2H3,(H,30,31)/b7-5-. The molecule has 2 heterocycles. The fraction of sp³-hybridized carbons (Fsp3) is 0.400. The topological polar surface area (TPSA) is 90.0 Å². The number of sulfonamides is 1. The van der Waals surface area contributed by atoms with Crippen molar-refractivity contribution >= 4 is 33.4 Å². The zero-order valence-corrected chi connectivity index (χ0v) is 20.2. The van der Waals surface area contributed by atoms with E-state index in [2.05, 4.69) is 14.5 Å². The van der Waals surface area contributed by atoms with E-state index in [4.69, 9.17) is 0 Å². The molecule has 9 heteroatoms. The molecule has 0 aliphatic carbocycles. The fourth-order valence-corrected chi connectivity index (χ4v) is 6.20. The fourth-order valence-electron chi connectivity index (χ4n) is 4.95. The highest BCUT2D eigenvalue weighted by molar-refractivity contribution is 7.92. The van der Waals surface area contributed by atoms with Gasteiger partial charge in [-0.15, -0.1) is 0 Å². The molecule has 1 fully saturated rings. The maximum absolute atomic E-state index is 14.0. The van der Waals surface area contributed by atoms with Gasteiger partial charge in [0.2, 0.25) is 0 Å². The predicted molar refractivity (Wildman–Crippen MR) is 132 cm³/mol. The number of carboxylic acid groups (broad SMARTS) is 1. The summed E-state index contributed by atoms with van der Waals surface area (Å²) in [6.07, 6.45) is 6.03. The Kier molecular flexibility index (Phi) is 6.95. The van der Waals surface area contributed by atoms with E-state index in [-0.39, 0.29) is 27.8 Å². The average Bonchev–Trinajstić information content (AvgIpc) is 3.37. The summed E-state index contributed by atoms with van der Waals surface area (Å²) < 4.78 is 43.1. The second kappa shape index (κ2) is 9.76. The summed E-state index contributed by atoms with van der Waals surface area (Å²) in [7, 11) is -4.17. The number of nitrogens with zero attached hydrogens (tertiary/aromatic N) is 2. The number of halogens is 1. The van der Waals surface area contributed by atoms with Crippen LogP contribution in [0.4, 0.5) is 15.8 Å². The molecule has 0 spiro atoms. The van der Waals surface area contributed by atoms with Crippen LogP contribution in [0.1, 0.15) is 48.2 Å². The summed E-state index contributed by atoms with van der Waals surface area (Å²) in [4.78, 5) is 16.4. The van der Waals surface area contributed by atoms with Gasteiger partial charge < -0.3 is 14.9 Å². The summed E-state index contributed by atoms with van der Waals surface area (Å²) in [5.74, 6) is -1.72. The molecule has 182 valence electrons. The lowest BCUT2D eigenvalue weighted by Crippen LogP contribution is -2.24. The molecule has 2 aliphatic heterocycles. The van der Waals surface area contributed by atoms with Crippen molar-refractivity contribution in [2.45, 2.75) is 44.0 Å². The minimum absolute atomic E-state index is 0.0174. The van der Waals surface area contributed by atoms with E-state index >= 15 is 0 Å². The average molecular weight is 488 g/mol. The van der Waals surface area contributed by atoms with Crippen LogP contribution in [0.3, 0.4) is 0 Å². The number of likely N-dealkylation sites (N-methyl/N-ethyl adjacent to an activating group) is 1. The molecular weight excluding hydrogens is 457 g/mol. The first-order valence-electron chi connectivity index (χ1n) is 11.6. The SMILES string of the molecule is CCN(CC)C/C=C\c1cc(F)ccc1S(=O)(=O)Nc1ccc2c(c1C(=O)O)CC1CCCN21. The lowest BCUT2D eigenvalue weighted by Gasteiger charge is -2.19. The highest BCUT2D eigenvalue weighted by Gasteiger charge is 2.37. The number of nitrogens with one attached hydrogen (secondary N) is 1. The van der Waals surface area contributed by atoms with Gasteiger partial charge in [-0.2, -0.15) is 0 Å². The molecule has 1 saturated heterocycles. The molecule has 7 nitrogen and oxygen atoms in total. The first kappa shape index (κ1) is 24.2. The van der Waals surface area contributed by atoms with Gasteiger partial charge in [0, 0.05) is 24.8 Å². The van der Waals surface area contributed by atoms with Crippen LogP contribution in [0.5, 0.6) is 0 Å². The number of fused-ring (bicyclic) bond motifs is 3. The van der Waals surface area contributed by atoms with Crippen LogP contribution in [0, 0.1) is 5.82 Å². The number of anilines is 2. The van der Waals surface area contributed by atoms with Crippen molar-refractivity contribution in [3.63, 3.8) is 0 Å². The molecule has 1 atom stereocenters. The first-order valence-corrected chi connectivity index (χ1v) is 13.1. The van der Waals surface area contributed by atoms with Gasteiger partial charge in [-0.1, -0.05) is 26.0 Å². The largest absolute Gasteiger partial charge is 0.478 e. The number of carboxylic acids is 1. The maximum atomic E-state index is 14.0. The minimum Gasteiger partial charge on any atom is -0.478 e. The Morgan fingerprint density at radius 1 is 1.26 bits per heavy atom. The Morgan fingerprint density at radius 3 is 2.74 bits per heavy atom. The molecule has 2 aromatic rings. The first-order chi connectivity index (χ1) is 16.2. The number of benzene rings is 2. The summed E-state index contributed by atoms with van der Waals surface area (Å²) in [5.41, 5.74) is 1.74. The lowest BCUT2D eigenvalue weighted by atomic mass is 10.00. The maximum Gasteiger partial charge on any atom is 0.338 e. The van der Waals surface area contributed by atoms with Crippen molar-refractivity contribution in [1.29, 1.82) is 0 Å².